The molecule has 3 aromatic carbocycles. The Kier molecular flexibility index (Phi) is 4.76. The summed E-state index contributed by atoms with van der Waals surface area (Å²) in [6.45, 7) is 7.75. The van der Waals surface area contributed by atoms with Gasteiger partial charge in [0.25, 0.3) is 0 Å². The van der Waals surface area contributed by atoms with Gasteiger partial charge in [-0.3, -0.25) is 0 Å². The molecule has 0 aliphatic carbocycles. The Hall–Kier alpha value is -4.03. The van der Waals surface area contributed by atoms with E-state index in [9.17, 15) is 5.11 Å². The molecule has 0 unspecified atom stereocenters. The average Bonchev–Trinajstić information content (AvgIpc) is 2.77. The number of nitriles is 1. The monoisotopic (exact) mass is 377 g/mol. The Labute approximate surface area is 170 Å². The summed E-state index contributed by atoms with van der Waals surface area (Å²) >= 11 is 0. The highest BCUT2D eigenvalue weighted by atomic mass is 16.5. The predicted octanol–water partition coefficient (Wildman–Crippen LogP) is 6.12. The lowest BCUT2D eigenvalue weighted by Crippen LogP contribution is -2.09. The van der Waals surface area contributed by atoms with Gasteiger partial charge in [-0.05, 0) is 41.3 Å². The van der Waals surface area contributed by atoms with E-state index in [0.717, 1.165) is 23.1 Å². The van der Waals surface area contributed by atoms with Crippen LogP contribution in [0.15, 0.2) is 85.6 Å². The lowest BCUT2D eigenvalue weighted by molar-refractivity contribution is 0.398. The normalized spacial score (nSPS) is 12.7. The van der Waals surface area contributed by atoms with Gasteiger partial charge in [0.1, 0.15) is 5.75 Å². The largest absolute Gasteiger partial charge is 0.504 e. The van der Waals surface area contributed by atoms with Crippen molar-refractivity contribution in [3.8, 4) is 11.8 Å². The number of benzene rings is 3. The molecule has 0 aromatic heterocycles. The smallest absolute Gasteiger partial charge is 0.176 e. The van der Waals surface area contributed by atoms with Gasteiger partial charge in [-0.15, -0.1) is 0 Å². The first kappa shape index (κ1) is 18.3. The molecular formula is C26H19NO2. The highest BCUT2D eigenvalue weighted by Gasteiger charge is 2.24. The molecule has 3 aromatic rings. The van der Waals surface area contributed by atoms with Crippen LogP contribution in [0.5, 0.6) is 5.75 Å². The van der Waals surface area contributed by atoms with Crippen LogP contribution in [0.4, 0.5) is 0 Å². The van der Waals surface area contributed by atoms with Crippen molar-refractivity contribution in [1.82, 2.24) is 0 Å². The van der Waals surface area contributed by atoms with Gasteiger partial charge in [0, 0.05) is 16.7 Å². The molecule has 0 saturated carbocycles. The number of allylic oxidation sites excluding steroid dienone is 1. The molecule has 4 rings (SSSR count). The molecule has 1 aliphatic rings. The summed E-state index contributed by atoms with van der Waals surface area (Å²) < 4.78 is 5.94. The van der Waals surface area contributed by atoms with Gasteiger partial charge < -0.3 is 9.84 Å². The Morgan fingerprint density at radius 3 is 2.24 bits per heavy atom. The van der Waals surface area contributed by atoms with Gasteiger partial charge in [-0.2, -0.15) is 5.26 Å². The van der Waals surface area contributed by atoms with Crippen molar-refractivity contribution in [2.24, 2.45) is 0 Å². The topological polar surface area (TPSA) is 53.2 Å². The minimum atomic E-state index is 0.00923. The van der Waals surface area contributed by atoms with Gasteiger partial charge in [0.2, 0.25) is 0 Å². The number of nitrogens with zero attached hydrogens (tertiary/aromatic N) is 1. The molecule has 3 heteroatoms. The maximum Gasteiger partial charge on any atom is 0.176 e. The van der Waals surface area contributed by atoms with E-state index >= 15 is 0 Å². The van der Waals surface area contributed by atoms with Crippen molar-refractivity contribution >= 4 is 17.4 Å². The summed E-state index contributed by atoms with van der Waals surface area (Å²) in [6.07, 6.45) is 2.64. The second-order valence-corrected chi connectivity index (χ2v) is 6.90. The van der Waals surface area contributed by atoms with Gasteiger partial charge in [0.15, 0.2) is 11.5 Å². The van der Waals surface area contributed by atoms with E-state index in [1.807, 2.05) is 42.5 Å². The van der Waals surface area contributed by atoms with Crippen LogP contribution in [0, 0.1) is 11.3 Å². The number of hydrogen-bond donors (Lipinski definition) is 1. The predicted molar refractivity (Wildman–Crippen MR) is 116 cm³/mol. The molecule has 0 bridgehead atoms. The van der Waals surface area contributed by atoms with Gasteiger partial charge in [-0.25, -0.2) is 0 Å². The summed E-state index contributed by atoms with van der Waals surface area (Å²) in [4.78, 5) is 0. The fraction of sp³-hybridized carbons (Fsp3) is 0.0385. The molecule has 1 N–H and O–H groups in total. The zero-order valence-electron chi connectivity index (χ0n) is 15.9. The molecule has 0 atom stereocenters. The van der Waals surface area contributed by atoms with E-state index in [2.05, 4.69) is 31.4 Å². The maximum atomic E-state index is 10.6. The molecule has 29 heavy (non-hydrogen) atoms. The van der Waals surface area contributed by atoms with Crippen LogP contribution in [-0.2, 0) is 6.42 Å². The first-order valence-corrected chi connectivity index (χ1v) is 9.24. The Morgan fingerprint density at radius 2 is 1.62 bits per heavy atom. The van der Waals surface area contributed by atoms with E-state index in [1.165, 1.54) is 5.56 Å². The standard InChI is InChI=1S/C26H19NO2/c1-3-18-4-6-19(7-5-18)14-20-8-11-22(12-9-20)26-25(28)17(2)23-13-10-21(16-27)15-24(23)29-26/h3-13,15,28H,1-2,14H2. The van der Waals surface area contributed by atoms with E-state index < -0.39 is 0 Å². The summed E-state index contributed by atoms with van der Waals surface area (Å²) in [5.41, 5.74) is 5.88. The van der Waals surface area contributed by atoms with Crippen molar-refractivity contribution in [3.05, 3.63) is 119 Å². The second-order valence-electron chi connectivity index (χ2n) is 6.90. The van der Waals surface area contributed by atoms with Crippen LogP contribution < -0.4 is 4.74 Å². The lowest BCUT2D eigenvalue weighted by Gasteiger charge is -2.22. The lowest BCUT2D eigenvalue weighted by atomic mass is 9.97. The van der Waals surface area contributed by atoms with Crippen LogP contribution in [0.3, 0.4) is 0 Å². The molecular weight excluding hydrogens is 358 g/mol. The first-order valence-electron chi connectivity index (χ1n) is 9.24. The highest BCUT2D eigenvalue weighted by Crippen LogP contribution is 2.40. The van der Waals surface area contributed by atoms with Crippen LogP contribution in [0.2, 0.25) is 0 Å². The minimum absolute atomic E-state index is 0.00923. The summed E-state index contributed by atoms with van der Waals surface area (Å²) in [6, 6.07) is 23.4. The number of rotatable bonds is 4. The summed E-state index contributed by atoms with van der Waals surface area (Å²) in [5, 5.41) is 19.7. The molecule has 0 radical (unpaired) electrons. The first-order chi connectivity index (χ1) is 14.1. The van der Waals surface area contributed by atoms with E-state index in [0.29, 0.717) is 28.2 Å². The minimum Gasteiger partial charge on any atom is -0.504 e. The van der Waals surface area contributed by atoms with Crippen LogP contribution >= 0.6 is 0 Å². The fourth-order valence-corrected chi connectivity index (χ4v) is 3.33. The number of ether oxygens (including phenoxy) is 1. The third-order valence-electron chi connectivity index (χ3n) is 4.99. The Bertz CT molecular complexity index is 1180. The second kappa shape index (κ2) is 7.53. The molecule has 0 amide bonds. The maximum absolute atomic E-state index is 10.6. The molecule has 1 aliphatic heterocycles. The molecule has 1 heterocycles. The van der Waals surface area contributed by atoms with Crippen LogP contribution in [-0.4, -0.2) is 5.11 Å². The fourth-order valence-electron chi connectivity index (χ4n) is 3.33. The van der Waals surface area contributed by atoms with Crippen LogP contribution in [0.1, 0.15) is 33.4 Å². The molecule has 140 valence electrons. The van der Waals surface area contributed by atoms with Crippen molar-refractivity contribution < 1.29 is 9.84 Å². The van der Waals surface area contributed by atoms with E-state index in [4.69, 9.17) is 10.00 Å². The molecule has 3 nitrogen and oxygen atoms in total. The van der Waals surface area contributed by atoms with Crippen molar-refractivity contribution in [3.63, 3.8) is 0 Å². The van der Waals surface area contributed by atoms with Crippen LogP contribution in [0.25, 0.3) is 17.4 Å². The van der Waals surface area contributed by atoms with E-state index in [1.54, 1.807) is 18.2 Å². The number of aliphatic hydroxyl groups is 1. The van der Waals surface area contributed by atoms with Gasteiger partial charge in [-0.1, -0.05) is 67.8 Å². The van der Waals surface area contributed by atoms with Gasteiger partial charge in [0.05, 0.1) is 11.6 Å². The molecule has 0 saturated heterocycles. The zero-order valence-corrected chi connectivity index (χ0v) is 15.9. The Balaban J connectivity index is 1.59. The summed E-state index contributed by atoms with van der Waals surface area (Å²) in [7, 11) is 0. The molecule has 0 spiro atoms. The van der Waals surface area contributed by atoms with Crippen molar-refractivity contribution in [2.75, 3.05) is 0 Å². The third kappa shape index (κ3) is 3.56. The summed E-state index contributed by atoms with van der Waals surface area (Å²) in [5.74, 6) is 0.877. The molecule has 0 fully saturated rings. The Morgan fingerprint density at radius 1 is 0.966 bits per heavy atom. The van der Waals surface area contributed by atoms with E-state index in [-0.39, 0.29) is 5.76 Å². The number of fused-ring (bicyclic) bond motifs is 1. The zero-order chi connectivity index (χ0) is 20.4. The highest BCUT2D eigenvalue weighted by molar-refractivity contribution is 5.90. The SMILES string of the molecule is C=Cc1ccc(Cc2ccc(C3=C(O)C(=C)c4ccc(C#N)cc4O3)cc2)cc1. The number of hydrogen-bond acceptors (Lipinski definition) is 3. The number of aliphatic hydroxyl groups excluding tert-OH is 1. The van der Waals surface area contributed by atoms with Crippen molar-refractivity contribution in [1.29, 1.82) is 5.26 Å². The quantitative estimate of drug-likeness (QED) is 0.595. The van der Waals surface area contributed by atoms with Crippen molar-refractivity contribution in [2.45, 2.75) is 6.42 Å². The third-order valence-corrected chi connectivity index (χ3v) is 4.99. The average molecular weight is 377 g/mol. The van der Waals surface area contributed by atoms with Gasteiger partial charge >= 0.3 is 0 Å².